The van der Waals surface area contributed by atoms with Gasteiger partial charge in [0.2, 0.25) is 5.91 Å². The van der Waals surface area contributed by atoms with Crippen molar-refractivity contribution in [2.24, 2.45) is 0 Å². The van der Waals surface area contributed by atoms with Gasteiger partial charge in [0.25, 0.3) is 0 Å². The number of rotatable bonds is 5. The Hall–Kier alpha value is -1.43. The zero-order chi connectivity index (χ0) is 16.9. The van der Waals surface area contributed by atoms with Gasteiger partial charge in [-0.2, -0.15) is 0 Å². The summed E-state index contributed by atoms with van der Waals surface area (Å²) >= 11 is 0. The highest BCUT2D eigenvalue weighted by molar-refractivity contribution is 5.73. The summed E-state index contributed by atoms with van der Waals surface area (Å²) < 4.78 is 0. The van der Waals surface area contributed by atoms with E-state index in [0.717, 1.165) is 58.8 Å². The third-order valence-corrected chi connectivity index (χ3v) is 5.24. The van der Waals surface area contributed by atoms with E-state index in [9.17, 15) is 4.79 Å². The zero-order valence-electron chi connectivity index (χ0n) is 15.0. The largest absolute Gasteiger partial charge is 0.352 e. The van der Waals surface area contributed by atoms with Crippen molar-refractivity contribution < 1.29 is 4.79 Å². The van der Waals surface area contributed by atoms with Crippen LogP contribution in [0.25, 0.3) is 0 Å². The number of hydrogen-bond donors (Lipinski definition) is 2. The molecule has 2 aliphatic rings. The maximum atomic E-state index is 11.2. The van der Waals surface area contributed by atoms with Gasteiger partial charge in [0.1, 0.15) is 0 Å². The molecule has 2 N–H and O–H groups in total. The van der Waals surface area contributed by atoms with Gasteiger partial charge < -0.3 is 10.6 Å². The van der Waals surface area contributed by atoms with Crippen LogP contribution >= 0.6 is 0 Å². The number of nitrogens with one attached hydrogen (secondary N) is 2. The molecule has 2 fully saturated rings. The van der Waals surface area contributed by atoms with Gasteiger partial charge in [0.15, 0.2) is 0 Å². The first kappa shape index (κ1) is 17.4. The van der Waals surface area contributed by atoms with Gasteiger partial charge in [0.05, 0.1) is 0 Å². The fraction of sp³-hybridized carbons (Fsp3) is 0.632. The van der Waals surface area contributed by atoms with Crippen LogP contribution in [0.1, 0.15) is 30.0 Å². The Labute approximate surface area is 145 Å². The first-order chi connectivity index (χ1) is 11.6. The Morgan fingerprint density at radius 3 is 2.50 bits per heavy atom. The second-order valence-corrected chi connectivity index (χ2v) is 7.15. The Balaban J connectivity index is 1.60. The molecule has 0 aromatic heterocycles. The van der Waals surface area contributed by atoms with Crippen molar-refractivity contribution in [3.05, 3.63) is 34.9 Å². The van der Waals surface area contributed by atoms with E-state index < -0.39 is 0 Å². The Morgan fingerprint density at radius 1 is 1.17 bits per heavy atom. The maximum absolute atomic E-state index is 11.2. The summed E-state index contributed by atoms with van der Waals surface area (Å²) in [6, 6.07) is 7.03. The van der Waals surface area contributed by atoms with Crippen molar-refractivity contribution in [3.8, 4) is 0 Å². The molecule has 1 atom stereocenters. The number of likely N-dealkylation sites (tertiary alicyclic amines) is 1. The zero-order valence-corrected chi connectivity index (χ0v) is 15.0. The summed E-state index contributed by atoms with van der Waals surface area (Å²) in [5.74, 6) is 0.0797. The first-order valence-electron chi connectivity index (χ1n) is 9.11. The van der Waals surface area contributed by atoms with Crippen molar-refractivity contribution in [3.63, 3.8) is 0 Å². The number of carbonyl (C=O) groups is 1. The van der Waals surface area contributed by atoms with Crippen LogP contribution in [0.15, 0.2) is 18.2 Å². The topological polar surface area (TPSA) is 47.6 Å². The van der Waals surface area contributed by atoms with E-state index in [0.29, 0.717) is 6.04 Å². The normalized spacial score (nSPS) is 22.7. The molecule has 1 aromatic rings. The number of nitrogens with zero attached hydrogens (tertiary/aromatic N) is 2. The van der Waals surface area contributed by atoms with Crippen LogP contribution in [0.5, 0.6) is 0 Å². The van der Waals surface area contributed by atoms with Crippen LogP contribution < -0.4 is 10.6 Å². The lowest BCUT2D eigenvalue weighted by Crippen LogP contribution is -2.43. The van der Waals surface area contributed by atoms with Gasteiger partial charge in [-0.25, -0.2) is 0 Å². The average molecular weight is 330 g/mol. The van der Waals surface area contributed by atoms with E-state index in [2.05, 4.69) is 45.6 Å². The molecule has 5 heteroatoms. The van der Waals surface area contributed by atoms with Crippen LogP contribution in [0, 0.1) is 6.92 Å². The van der Waals surface area contributed by atoms with Crippen molar-refractivity contribution in [1.82, 2.24) is 20.4 Å². The van der Waals surface area contributed by atoms with Gasteiger partial charge >= 0.3 is 0 Å². The van der Waals surface area contributed by atoms with E-state index in [1.165, 1.54) is 16.7 Å². The molecule has 0 saturated carbocycles. The minimum Gasteiger partial charge on any atom is -0.352 e. The van der Waals surface area contributed by atoms with Crippen LogP contribution in [-0.2, 0) is 17.9 Å². The molecule has 0 spiro atoms. The number of carbonyl (C=O) groups excluding carboxylic acids is 1. The van der Waals surface area contributed by atoms with Gasteiger partial charge in [-0.05, 0) is 30.0 Å². The van der Waals surface area contributed by atoms with Gasteiger partial charge in [0, 0.05) is 65.3 Å². The minimum absolute atomic E-state index is 0.0797. The third kappa shape index (κ3) is 4.56. The Morgan fingerprint density at radius 2 is 1.83 bits per heavy atom. The SMILES string of the molecule is CC(=O)NC1CCN(Cc2cccc(CN3CCNCC3)c2C)C1. The molecular formula is C19H30N4O. The molecule has 3 rings (SSSR count). The van der Waals surface area contributed by atoms with Crippen molar-refractivity contribution in [2.75, 3.05) is 39.3 Å². The maximum Gasteiger partial charge on any atom is 0.217 e. The van der Waals surface area contributed by atoms with Gasteiger partial charge in [-0.3, -0.25) is 14.6 Å². The second kappa shape index (κ2) is 8.10. The van der Waals surface area contributed by atoms with Crippen molar-refractivity contribution >= 4 is 5.91 Å². The molecule has 1 unspecified atom stereocenters. The van der Waals surface area contributed by atoms with E-state index in [-0.39, 0.29) is 5.91 Å². The molecule has 0 bridgehead atoms. The fourth-order valence-electron chi connectivity index (χ4n) is 3.81. The summed E-state index contributed by atoms with van der Waals surface area (Å²) in [6.07, 6.45) is 1.05. The predicted octanol–water partition coefficient (Wildman–Crippen LogP) is 1.11. The van der Waals surface area contributed by atoms with Crippen LogP contribution in [0.3, 0.4) is 0 Å². The number of amides is 1. The van der Waals surface area contributed by atoms with Gasteiger partial charge in [-0.1, -0.05) is 18.2 Å². The lowest BCUT2D eigenvalue weighted by atomic mass is 10.0. The fourth-order valence-corrected chi connectivity index (χ4v) is 3.81. The summed E-state index contributed by atoms with van der Waals surface area (Å²) in [5, 5.41) is 6.46. The van der Waals surface area contributed by atoms with Gasteiger partial charge in [-0.15, -0.1) is 0 Å². The monoisotopic (exact) mass is 330 g/mol. The van der Waals surface area contributed by atoms with Crippen molar-refractivity contribution in [2.45, 2.75) is 39.4 Å². The first-order valence-corrected chi connectivity index (χ1v) is 9.11. The summed E-state index contributed by atoms with van der Waals surface area (Å²) in [6.45, 7) is 12.4. The average Bonchev–Trinajstić information content (AvgIpc) is 2.98. The van der Waals surface area contributed by atoms with E-state index in [4.69, 9.17) is 0 Å². The molecule has 1 aromatic carbocycles. The summed E-state index contributed by atoms with van der Waals surface area (Å²) in [5.41, 5.74) is 4.30. The molecule has 0 aliphatic carbocycles. The summed E-state index contributed by atoms with van der Waals surface area (Å²) in [4.78, 5) is 16.2. The smallest absolute Gasteiger partial charge is 0.217 e. The van der Waals surface area contributed by atoms with E-state index in [1.54, 1.807) is 6.92 Å². The Bertz CT molecular complexity index is 568. The van der Waals surface area contributed by atoms with E-state index in [1.807, 2.05) is 0 Å². The number of benzene rings is 1. The standard InChI is InChI=1S/C19H30N4O/c1-15-17(12-22-10-7-20-8-11-22)4-3-5-18(15)13-23-9-6-19(14-23)21-16(2)24/h3-5,19-20H,6-14H2,1-2H3,(H,21,24). The minimum atomic E-state index is 0.0797. The van der Waals surface area contributed by atoms with Crippen LogP contribution in [-0.4, -0.2) is 61.0 Å². The van der Waals surface area contributed by atoms with Crippen LogP contribution in [0.2, 0.25) is 0 Å². The second-order valence-electron chi connectivity index (χ2n) is 7.15. The predicted molar refractivity (Wildman–Crippen MR) is 96.8 cm³/mol. The third-order valence-electron chi connectivity index (χ3n) is 5.24. The molecule has 2 aliphatic heterocycles. The van der Waals surface area contributed by atoms with Crippen LogP contribution in [0.4, 0.5) is 0 Å². The highest BCUT2D eigenvalue weighted by Gasteiger charge is 2.23. The van der Waals surface area contributed by atoms with E-state index >= 15 is 0 Å². The highest BCUT2D eigenvalue weighted by Crippen LogP contribution is 2.20. The van der Waals surface area contributed by atoms with Crippen molar-refractivity contribution in [1.29, 1.82) is 0 Å². The lowest BCUT2D eigenvalue weighted by molar-refractivity contribution is -0.119. The molecule has 24 heavy (non-hydrogen) atoms. The molecule has 2 saturated heterocycles. The highest BCUT2D eigenvalue weighted by atomic mass is 16.1. The molecular weight excluding hydrogens is 300 g/mol. The summed E-state index contributed by atoms with van der Waals surface area (Å²) in [7, 11) is 0. The number of piperazine rings is 1. The molecule has 1 amide bonds. The lowest BCUT2D eigenvalue weighted by Gasteiger charge is -2.28. The molecule has 5 nitrogen and oxygen atoms in total. The quantitative estimate of drug-likeness (QED) is 0.849. The molecule has 0 radical (unpaired) electrons. The molecule has 2 heterocycles. The Kier molecular flexibility index (Phi) is 5.87. The number of hydrogen-bond acceptors (Lipinski definition) is 4. The molecule has 132 valence electrons.